The molecule has 4 rings (SSSR count). The highest BCUT2D eigenvalue weighted by molar-refractivity contribution is 7.99. The van der Waals surface area contributed by atoms with E-state index in [9.17, 15) is 37.3 Å². The fourth-order valence-electron chi connectivity index (χ4n) is 3.53. The molecule has 1 aliphatic heterocycles. The van der Waals surface area contributed by atoms with Crippen molar-refractivity contribution >= 4 is 35.0 Å². The normalized spacial score (nSPS) is 24.7. The second-order valence-electron chi connectivity index (χ2n) is 7.42. The van der Waals surface area contributed by atoms with Crippen molar-refractivity contribution in [1.29, 1.82) is 0 Å². The van der Waals surface area contributed by atoms with Crippen molar-refractivity contribution in [3.8, 4) is 11.3 Å². The topological polar surface area (TPSA) is 101 Å². The molecule has 2 unspecified atom stereocenters. The number of aromatic nitrogens is 3. The number of aliphatic hydroxyl groups is 3. The summed E-state index contributed by atoms with van der Waals surface area (Å²) < 4.78 is 75.4. The van der Waals surface area contributed by atoms with E-state index in [1.165, 1.54) is 12.1 Å². The summed E-state index contributed by atoms with van der Waals surface area (Å²) in [6.07, 6.45) is -3.56. The van der Waals surface area contributed by atoms with Gasteiger partial charge in [-0.2, -0.15) is 0 Å². The highest BCUT2D eigenvalue weighted by Crippen LogP contribution is 2.40. The minimum Gasteiger partial charge on any atom is -0.394 e. The molecule has 1 saturated heterocycles. The zero-order chi connectivity index (χ0) is 25.6. The Bertz CT molecular complexity index is 1240. The molecule has 0 spiro atoms. The van der Waals surface area contributed by atoms with Gasteiger partial charge in [-0.1, -0.05) is 40.2 Å². The number of aliphatic hydroxyl groups excluding tert-OH is 3. The van der Waals surface area contributed by atoms with Crippen LogP contribution in [0.3, 0.4) is 0 Å². The van der Waals surface area contributed by atoms with Gasteiger partial charge in [-0.05, 0) is 18.2 Å². The number of hydrogen-bond acceptors (Lipinski definition) is 7. The molecule has 5 atom stereocenters. The number of halogens is 7. The fourth-order valence-corrected chi connectivity index (χ4v) is 4.99. The first-order valence-electron chi connectivity index (χ1n) is 9.73. The van der Waals surface area contributed by atoms with Gasteiger partial charge >= 0.3 is 0 Å². The number of thioether (sulfide) groups is 1. The highest BCUT2D eigenvalue weighted by Gasteiger charge is 2.46. The van der Waals surface area contributed by atoms with E-state index >= 15 is 0 Å². The predicted octanol–water partition coefficient (Wildman–Crippen LogP) is 3.72. The number of rotatable bonds is 5. The molecule has 35 heavy (non-hydrogen) atoms. The van der Waals surface area contributed by atoms with E-state index in [-0.39, 0.29) is 10.0 Å². The van der Waals surface area contributed by atoms with Gasteiger partial charge in [0.2, 0.25) is 5.82 Å². The number of ether oxygens (including phenoxy) is 1. The van der Waals surface area contributed by atoms with Gasteiger partial charge < -0.3 is 20.1 Å². The third-order valence-electron chi connectivity index (χ3n) is 5.27. The predicted molar refractivity (Wildman–Crippen MR) is 114 cm³/mol. The van der Waals surface area contributed by atoms with E-state index in [1.807, 2.05) is 0 Å². The molecule has 0 bridgehead atoms. The van der Waals surface area contributed by atoms with Crippen LogP contribution >= 0.6 is 35.0 Å². The fraction of sp³-hybridized carbons (Fsp3) is 0.300. The monoisotopic (exact) mass is 557 g/mol. The van der Waals surface area contributed by atoms with E-state index in [0.717, 1.165) is 22.6 Å². The maximum Gasteiger partial charge on any atom is 0.200 e. The van der Waals surface area contributed by atoms with E-state index in [4.69, 9.17) is 27.9 Å². The largest absolute Gasteiger partial charge is 0.394 e. The van der Waals surface area contributed by atoms with E-state index in [2.05, 4.69) is 10.3 Å². The number of benzene rings is 2. The van der Waals surface area contributed by atoms with Crippen LogP contribution in [0.5, 0.6) is 0 Å². The van der Waals surface area contributed by atoms with Crippen LogP contribution in [0.15, 0.2) is 29.3 Å². The van der Waals surface area contributed by atoms with E-state index in [1.54, 1.807) is 6.07 Å². The van der Waals surface area contributed by atoms with Crippen molar-refractivity contribution in [2.75, 3.05) is 6.61 Å². The van der Waals surface area contributed by atoms with Gasteiger partial charge in [-0.15, -0.1) is 5.10 Å². The molecular weight excluding hydrogens is 544 g/mol. The zero-order valence-corrected chi connectivity index (χ0v) is 19.4. The molecule has 3 aromatic rings. The zero-order valence-electron chi connectivity index (χ0n) is 17.0. The van der Waals surface area contributed by atoms with Crippen molar-refractivity contribution in [2.45, 2.75) is 34.7 Å². The standard InChI is InChI=1S/C20H14Cl2F5N3O4S/c21-7-2-1-6(3-8(7)22)35-20-19(33)17(18(32)10(5-31)34-20)30-4-9(28-29-30)11-12(23)14(25)16(27)15(26)13(11)24/h1-4,10,17-20,31-33H,5H2/t10?,17?,18-,19-,20+/m0/s1. The molecule has 3 N–H and O–H groups in total. The summed E-state index contributed by atoms with van der Waals surface area (Å²) in [5.74, 6) is -10.9. The molecule has 15 heteroatoms. The number of nitrogens with zero attached hydrogens (tertiary/aromatic N) is 3. The Kier molecular flexibility index (Phi) is 7.57. The SMILES string of the molecule is OCC1O[C@H](Sc2ccc(Cl)c(Cl)c2)[C@@H](O)C(n2cc(-c3c(F)c(F)c(F)c(F)c3F)nn2)[C@H]1O. The van der Waals surface area contributed by atoms with Crippen molar-refractivity contribution in [2.24, 2.45) is 0 Å². The molecular formula is C20H14Cl2F5N3O4S. The summed E-state index contributed by atoms with van der Waals surface area (Å²) in [7, 11) is 0. The Morgan fingerprint density at radius 3 is 2.17 bits per heavy atom. The van der Waals surface area contributed by atoms with Gasteiger partial charge in [0.1, 0.15) is 35.5 Å². The minimum absolute atomic E-state index is 0.223. The Hall–Kier alpha value is -2.00. The first-order chi connectivity index (χ1) is 16.5. The minimum atomic E-state index is -2.33. The lowest BCUT2D eigenvalue weighted by Gasteiger charge is -2.41. The van der Waals surface area contributed by atoms with Crippen molar-refractivity contribution in [1.82, 2.24) is 15.0 Å². The second-order valence-corrected chi connectivity index (χ2v) is 9.41. The molecule has 0 amide bonds. The third kappa shape index (κ3) is 4.73. The van der Waals surface area contributed by atoms with Crippen LogP contribution in [0, 0.1) is 29.1 Å². The number of hydrogen-bond donors (Lipinski definition) is 3. The smallest absolute Gasteiger partial charge is 0.200 e. The molecule has 7 nitrogen and oxygen atoms in total. The molecule has 1 fully saturated rings. The van der Waals surface area contributed by atoms with E-state index in [0.29, 0.717) is 4.90 Å². The lowest BCUT2D eigenvalue weighted by Crippen LogP contribution is -2.55. The summed E-state index contributed by atoms with van der Waals surface area (Å²) in [6.45, 7) is -0.679. The van der Waals surface area contributed by atoms with Crippen molar-refractivity contribution < 1.29 is 42.0 Å². The van der Waals surface area contributed by atoms with Gasteiger partial charge in [-0.3, -0.25) is 0 Å². The summed E-state index contributed by atoms with van der Waals surface area (Å²) in [5, 5.41) is 38.8. The highest BCUT2D eigenvalue weighted by atomic mass is 35.5. The Morgan fingerprint density at radius 1 is 0.943 bits per heavy atom. The van der Waals surface area contributed by atoms with Gasteiger partial charge in [0.15, 0.2) is 23.3 Å². The second kappa shape index (κ2) is 10.2. The van der Waals surface area contributed by atoms with Gasteiger partial charge in [0.05, 0.1) is 28.4 Å². The van der Waals surface area contributed by atoms with Gasteiger partial charge in [0, 0.05) is 4.90 Å². The Morgan fingerprint density at radius 2 is 1.57 bits per heavy atom. The summed E-state index contributed by atoms with van der Waals surface area (Å²) in [5.41, 5.74) is -3.18. The van der Waals surface area contributed by atoms with Crippen LogP contribution in [0.2, 0.25) is 10.0 Å². The van der Waals surface area contributed by atoms with Gasteiger partial charge in [0.25, 0.3) is 0 Å². The maximum absolute atomic E-state index is 14.2. The average molecular weight is 558 g/mol. The van der Waals surface area contributed by atoms with Crippen LogP contribution in [0.25, 0.3) is 11.3 Å². The molecule has 0 radical (unpaired) electrons. The molecule has 0 saturated carbocycles. The molecule has 1 aliphatic rings. The van der Waals surface area contributed by atoms with Crippen LogP contribution in [-0.4, -0.2) is 60.7 Å². The lowest BCUT2D eigenvalue weighted by atomic mass is 9.97. The third-order valence-corrected chi connectivity index (χ3v) is 7.16. The summed E-state index contributed by atoms with van der Waals surface area (Å²) >= 11 is 12.9. The average Bonchev–Trinajstić information content (AvgIpc) is 3.30. The molecule has 188 valence electrons. The van der Waals surface area contributed by atoms with Crippen LogP contribution in [0.1, 0.15) is 6.04 Å². The van der Waals surface area contributed by atoms with Crippen LogP contribution in [0.4, 0.5) is 22.0 Å². The van der Waals surface area contributed by atoms with E-state index < -0.39 is 76.7 Å². The Labute approximate surface area is 208 Å². The molecule has 2 heterocycles. The molecule has 2 aromatic carbocycles. The van der Waals surface area contributed by atoms with Crippen molar-refractivity contribution in [3.63, 3.8) is 0 Å². The van der Waals surface area contributed by atoms with Gasteiger partial charge in [-0.25, -0.2) is 26.6 Å². The van der Waals surface area contributed by atoms with Crippen molar-refractivity contribution in [3.05, 3.63) is 63.5 Å². The Balaban J connectivity index is 1.69. The first kappa shape index (κ1) is 26.1. The quantitative estimate of drug-likeness (QED) is 0.250. The lowest BCUT2D eigenvalue weighted by molar-refractivity contribution is -0.178. The molecule has 0 aliphatic carbocycles. The van der Waals surface area contributed by atoms with Crippen LogP contribution < -0.4 is 0 Å². The maximum atomic E-state index is 14.2. The summed E-state index contributed by atoms with van der Waals surface area (Å²) in [4.78, 5) is 0.510. The molecule has 1 aromatic heterocycles. The van der Waals surface area contributed by atoms with Crippen LogP contribution in [-0.2, 0) is 4.74 Å². The first-order valence-corrected chi connectivity index (χ1v) is 11.4. The summed E-state index contributed by atoms with van der Waals surface area (Å²) in [6, 6.07) is 3.20.